The summed E-state index contributed by atoms with van der Waals surface area (Å²) in [6, 6.07) is 11.7. The van der Waals surface area contributed by atoms with Crippen molar-refractivity contribution in [3.8, 4) is 0 Å². The normalized spacial score (nSPS) is 11.5. The highest BCUT2D eigenvalue weighted by Crippen LogP contribution is 2.18. The SMILES string of the molecule is COC(=O)C(C)Nc1cccnc1C(=O)c1ccccc1. The zero-order valence-electron chi connectivity index (χ0n) is 11.9. The van der Waals surface area contributed by atoms with E-state index >= 15 is 0 Å². The molecule has 2 rings (SSSR count). The van der Waals surface area contributed by atoms with Crippen LogP contribution in [0.2, 0.25) is 0 Å². The molecular weight excluding hydrogens is 268 g/mol. The fraction of sp³-hybridized carbons (Fsp3) is 0.188. The van der Waals surface area contributed by atoms with E-state index in [-0.39, 0.29) is 11.5 Å². The van der Waals surface area contributed by atoms with Crippen LogP contribution in [-0.2, 0) is 9.53 Å². The summed E-state index contributed by atoms with van der Waals surface area (Å²) in [5.74, 6) is -0.604. The number of ketones is 1. The van der Waals surface area contributed by atoms with Crippen molar-refractivity contribution in [1.29, 1.82) is 0 Å². The summed E-state index contributed by atoms with van der Waals surface area (Å²) in [6.45, 7) is 1.66. The largest absolute Gasteiger partial charge is 0.467 e. The van der Waals surface area contributed by atoms with Gasteiger partial charge in [0, 0.05) is 11.8 Å². The first-order valence-electron chi connectivity index (χ1n) is 6.52. The van der Waals surface area contributed by atoms with Crippen molar-refractivity contribution in [3.63, 3.8) is 0 Å². The van der Waals surface area contributed by atoms with E-state index in [1.165, 1.54) is 7.11 Å². The standard InChI is InChI=1S/C16H16N2O3/c1-11(16(20)21-2)18-13-9-6-10-17-14(13)15(19)12-7-4-3-5-8-12/h3-11,18H,1-2H3. The molecule has 2 aromatic rings. The van der Waals surface area contributed by atoms with Crippen LogP contribution >= 0.6 is 0 Å². The van der Waals surface area contributed by atoms with Crippen molar-refractivity contribution in [2.75, 3.05) is 12.4 Å². The summed E-state index contributed by atoms with van der Waals surface area (Å²) >= 11 is 0. The van der Waals surface area contributed by atoms with Gasteiger partial charge in [-0.25, -0.2) is 4.79 Å². The minimum atomic E-state index is -0.568. The lowest BCUT2D eigenvalue weighted by Gasteiger charge is -2.15. The lowest BCUT2D eigenvalue weighted by atomic mass is 10.1. The van der Waals surface area contributed by atoms with Crippen LogP contribution < -0.4 is 5.32 Å². The van der Waals surface area contributed by atoms with E-state index in [0.717, 1.165) is 0 Å². The van der Waals surface area contributed by atoms with Gasteiger partial charge in [-0.15, -0.1) is 0 Å². The van der Waals surface area contributed by atoms with E-state index in [9.17, 15) is 9.59 Å². The number of carbonyl (C=O) groups is 2. The van der Waals surface area contributed by atoms with Gasteiger partial charge in [-0.05, 0) is 19.1 Å². The third-order valence-electron chi connectivity index (χ3n) is 2.99. The summed E-state index contributed by atoms with van der Waals surface area (Å²) in [5.41, 5.74) is 1.33. The number of ether oxygens (including phenoxy) is 1. The maximum atomic E-state index is 12.5. The van der Waals surface area contributed by atoms with Gasteiger partial charge in [-0.1, -0.05) is 30.3 Å². The number of aromatic nitrogens is 1. The molecule has 0 saturated carbocycles. The number of nitrogens with zero attached hydrogens (tertiary/aromatic N) is 1. The Hall–Kier alpha value is -2.69. The molecule has 0 saturated heterocycles. The summed E-state index contributed by atoms with van der Waals surface area (Å²) in [4.78, 5) is 28.1. The minimum Gasteiger partial charge on any atom is -0.467 e. The minimum absolute atomic E-state index is 0.198. The van der Waals surface area contributed by atoms with Crippen LogP contribution in [0.1, 0.15) is 23.0 Å². The first-order chi connectivity index (χ1) is 10.1. The van der Waals surface area contributed by atoms with Crippen LogP contribution in [0.4, 0.5) is 5.69 Å². The highest BCUT2D eigenvalue weighted by atomic mass is 16.5. The molecule has 0 aliphatic carbocycles. The van der Waals surface area contributed by atoms with Crippen molar-refractivity contribution < 1.29 is 14.3 Å². The van der Waals surface area contributed by atoms with Crippen molar-refractivity contribution in [2.45, 2.75) is 13.0 Å². The lowest BCUT2D eigenvalue weighted by Crippen LogP contribution is -2.28. The molecule has 0 spiro atoms. The highest BCUT2D eigenvalue weighted by molar-refractivity contribution is 6.11. The molecule has 0 bridgehead atoms. The summed E-state index contributed by atoms with van der Waals surface area (Å²) in [7, 11) is 1.32. The Bertz CT molecular complexity index is 641. The summed E-state index contributed by atoms with van der Waals surface area (Å²) in [6.07, 6.45) is 1.55. The molecule has 5 heteroatoms. The van der Waals surface area contributed by atoms with Crippen molar-refractivity contribution in [1.82, 2.24) is 4.98 Å². The number of nitrogens with one attached hydrogen (secondary N) is 1. The van der Waals surface area contributed by atoms with Crippen LogP contribution in [0.5, 0.6) is 0 Å². The van der Waals surface area contributed by atoms with Crippen LogP contribution in [0.3, 0.4) is 0 Å². The molecular formula is C16H16N2O3. The predicted octanol–water partition coefficient (Wildman–Crippen LogP) is 2.29. The number of hydrogen-bond donors (Lipinski definition) is 1. The molecule has 5 nitrogen and oxygen atoms in total. The fourth-order valence-electron chi connectivity index (χ4n) is 1.90. The van der Waals surface area contributed by atoms with Crippen LogP contribution in [0, 0.1) is 0 Å². The van der Waals surface area contributed by atoms with Gasteiger partial charge in [0.05, 0.1) is 12.8 Å². The van der Waals surface area contributed by atoms with Gasteiger partial charge in [0.1, 0.15) is 11.7 Å². The number of methoxy groups -OCH3 is 1. The maximum Gasteiger partial charge on any atom is 0.327 e. The average Bonchev–Trinajstić information content (AvgIpc) is 2.54. The van der Waals surface area contributed by atoms with E-state index in [1.54, 1.807) is 49.5 Å². The number of rotatable bonds is 5. The fourth-order valence-corrected chi connectivity index (χ4v) is 1.90. The molecule has 1 atom stereocenters. The molecule has 1 heterocycles. The quantitative estimate of drug-likeness (QED) is 0.674. The van der Waals surface area contributed by atoms with Crippen molar-refractivity contribution in [2.24, 2.45) is 0 Å². The Morgan fingerprint density at radius 3 is 2.52 bits per heavy atom. The Balaban J connectivity index is 2.29. The number of carbonyl (C=O) groups excluding carboxylic acids is 2. The van der Waals surface area contributed by atoms with E-state index in [1.807, 2.05) is 6.07 Å². The Morgan fingerprint density at radius 2 is 1.86 bits per heavy atom. The Kier molecular flexibility index (Phi) is 4.66. The lowest BCUT2D eigenvalue weighted by molar-refractivity contribution is -0.141. The zero-order valence-corrected chi connectivity index (χ0v) is 11.9. The maximum absolute atomic E-state index is 12.5. The van der Waals surface area contributed by atoms with E-state index in [0.29, 0.717) is 11.3 Å². The predicted molar refractivity (Wildman–Crippen MR) is 79.2 cm³/mol. The first kappa shape index (κ1) is 14.7. The van der Waals surface area contributed by atoms with Crippen LogP contribution in [0.25, 0.3) is 0 Å². The third-order valence-corrected chi connectivity index (χ3v) is 2.99. The monoisotopic (exact) mass is 284 g/mol. The second-order valence-corrected chi connectivity index (χ2v) is 4.48. The summed E-state index contributed by atoms with van der Waals surface area (Å²) < 4.78 is 4.66. The molecule has 1 aromatic heterocycles. The number of anilines is 1. The molecule has 108 valence electrons. The molecule has 0 aliphatic rings. The van der Waals surface area contributed by atoms with E-state index < -0.39 is 12.0 Å². The molecule has 0 fully saturated rings. The van der Waals surface area contributed by atoms with E-state index in [2.05, 4.69) is 15.0 Å². The number of pyridine rings is 1. The Morgan fingerprint density at radius 1 is 1.14 bits per heavy atom. The van der Waals surface area contributed by atoms with Gasteiger partial charge in [-0.2, -0.15) is 0 Å². The van der Waals surface area contributed by atoms with Gasteiger partial charge >= 0.3 is 5.97 Å². The first-order valence-corrected chi connectivity index (χ1v) is 6.52. The molecule has 0 aliphatic heterocycles. The number of benzene rings is 1. The molecule has 0 amide bonds. The van der Waals surface area contributed by atoms with Crippen LogP contribution in [0.15, 0.2) is 48.7 Å². The number of hydrogen-bond acceptors (Lipinski definition) is 5. The summed E-state index contributed by atoms with van der Waals surface area (Å²) in [5, 5.41) is 2.95. The molecule has 21 heavy (non-hydrogen) atoms. The van der Waals surface area contributed by atoms with Gasteiger partial charge in [0.25, 0.3) is 0 Å². The van der Waals surface area contributed by atoms with Gasteiger partial charge in [0.2, 0.25) is 5.78 Å². The molecule has 1 N–H and O–H groups in total. The molecule has 1 unspecified atom stereocenters. The van der Waals surface area contributed by atoms with Gasteiger partial charge in [-0.3, -0.25) is 9.78 Å². The topological polar surface area (TPSA) is 68.3 Å². The Labute approximate surface area is 123 Å². The zero-order chi connectivity index (χ0) is 15.2. The van der Waals surface area contributed by atoms with E-state index in [4.69, 9.17) is 0 Å². The second-order valence-electron chi connectivity index (χ2n) is 4.48. The second kappa shape index (κ2) is 6.65. The molecule has 1 aromatic carbocycles. The van der Waals surface area contributed by atoms with Gasteiger partial charge < -0.3 is 10.1 Å². The number of esters is 1. The van der Waals surface area contributed by atoms with Crippen molar-refractivity contribution >= 4 is 17.4 Å². The van der Waals surface area contributed by atoms with Gasteiger partial charge in [0.15, 0.2) is 0 Å². The van der Waals surface area contributed by atoms with Crippen molar-refractivity contribution in [3.05, 3.63) is 59.9 Å². The smallest absolute Gasteiger partial charge is 0.327 e. The average molecular weight is 284 g/mol. The highest BCUT2D eigenvalue weighted by Gasteiger charge is 2.19. The van der Waals surface area contributed by atoms with Crippen LogP contribution in [-0.4, -0.2) is 29.9 Å². The molecule has 0 radical (unpaired) electrons. The third kappa shape index (κ3) is 3.45.